The van der Waals surface area contributed by atoms with E-state index < -0.39 is 24.0 Å². The van der Waals surface area contributed by atoms with Crippen LogP contribution in [-0.2, 0) is 16.1 Å². The van der Waals surface area contributed by atoms with Crippen molar-refractivity contribution in [3.8, 4) is 11.8 Å². The molecule has 0 saturated carbocycles. The van der Waals surface area contributed by atoms with Crippen LogP contribution in [-0.4, -0.2) is 58.7 Å². The second kappa shape index (κ2) is 13.8. The molecule has 0 aromatic heterocycles. The highest BCUT2D eigenvalue weighted by atomic mass is 19.1. The summed E-state index contributed by atoms with van der Waals surface area (Å²) in [5, 5.41) is 23.6. The normalized spacial score (nSPS) is 12.1. The molecule has 2 atom stereocenters. The molecule has 0 fully saturated rings. The fourth-order valence-corrected chi connectivity index (χ4v) is 3.63. The number of halogens is 1. The van der Waals surface area contributed by atoms with Crippen LogP contribution in [0.4, 0.5) is 10.1 Å². The molecule has 5 N–H and O–H groups in total. The van der Waals surface area contributed by atoms with Gasteiger partial charge in [-0.15, -0.1) is 0 Å². The van der Waals surface area contributed by atoms with Gasteiger partial charge in [0.25, 0.3) is 11.8 Å². The first kappa shape index (κ1) is 29.0. The topological polar surface area (TPSA) is 131 Å². The molecule has 0 saturated heterocycles. The minimum atomic E-state index is -1.31. The summed E-state index contributed by atoms with van der Waals surface area (Å²) in [6, 6.07) is 18.3. The van der Waals surface area contributed by atoms with E-state index >= 15 is 0 Å². The summed E-state index contributed by atoms with van der Waals surface area (Å²) in [5.41, 5.74) is 4.41. The zero-order valence-corrected chi connectivity index (χ0v) is 21.4. The number of nitrogens with zero attached hydrogens (tertiary/aromatic N) is 1. The van der Waals surface area contributed by atoms with E-state index in [1.165, 1.54) is 36.7 Å². The van der Waals surface area contributed by atoms with Crippen LogP contribution in [0.25, 0.3) is 0 Å². The predicted molar refractivity (Wildman–Crippen MR) is 143 cm³/mol. The number of anilines is 1. The van der Waals surface area contributed by atoms with Crippen LogP contribution in [0.5, 0.6) is 0 Å². The Morgan fingerprint density at radius 3 is 2.15 bits per heavy atom. The van der Waals surface area contributed by atoms with E-state index in [9.17, 15) is 23.9 Å². The van der Waals surface area contributed by atoms with E-state index in [2.05, 4.69) is 22.5 Å². The third kappa shape index (κ3) is 9.05. The lowest BCUT2D eigenvalue weighted by Gasteiger charge is -2.19. The number of rotatable bonds is 9. The summed E-state index contributed by atoms with van der Waals surface area (Å²) in [6.45, 7) is 1.89. The average Bonchev–Trinajstić information content (AvgIpc) is 2.90. The van der Waals surface area contributed by atoms with Gasteiger partial charge >= 0.3 is 0 Å². The number of amides is 3. The number of likely N-dealkylation sites (N-methyl/N-ethyl adjacent to an activating group) is 1. The third-order valence-electron chi connectivity index (χ3n) is 5.58. The van der Waals surface area contributed by atoms with Gasteiger partial charge in [0.15, 0.2) is 0 Å². The first-order valence-corrected chi connectivity index (χ1v) is 12.0. The molecule has 39 heavy (non-hydrogen) atoms. The van der Waals surface area contributed by atoms with Crippen molar-refractivity contribution in [1.82, 2.24) is 15.7 Å². The Balaban J connectivity index is 1.53. The molecule has 3 aromatic carbocycles. The van der Waals surface area contributed by atoms with Crippen LogP contribution in [0.1, 0.15) is 34.0 Å². The average molecular weight is 533 g/mol. The standard InChI is InChI=1S/C29H29FN4O5/c1-19(35)27(29(38)33-39)32-28(37)23-12-8-20(9-13-23)6-7-21-10-14-25(15-11-21)31-26(36)18-34(2)17-22-4-3-5-24(30)16-22/h3-5,8-16,19,27,35,39H,17-18H2,1-2H3,(H,31,36)(H,32,37)(H,33,38)/t19-,27+/m1/s1. The molecule has 0 radical (unpaired) electrons. The van der Waals surface area contributed by atoms with Crippen molar-refractivity contribution in [2.24, 2.45) is 0 Å². The van der Waals surface area contributed by atoms with Gasteiger partial charge in [0.2, 0.25) is 5.91 Å². The number of nitrogens with one attached hydrogen (secondary N) is 3. The number of benzene rings is 3. The van der Waals surface area contributed by atoms with E-state index in [-0.39, 0.29) is 23.8 Å². The van der Waals surface area contributed by atoms with E-state index in [4.69, 9.17) is 5.21 Å². The summed E-state index contributed by atoms with van der Waals surface area (Å²) in [6.07, 6.45) is -1.21. The van der Waals surface area contributed by atoms with Gasteiger partial charge in [0.1, 0.15) is 11.9 Å². The van der Waals surface area contributed by atoms with Crippen LogP contribution < -0.4 is 16.1 Å². The highest BCUT2D eigenvalue weighted by Crippen LogP contribution is 2.11. The van der Waals surface area contributed by atoms with Gasteiger partial charge in [0, 0.05) is 28.9 Å². The molecule has 0 aliphatic carbocycles. The lowest BCUT2D eigenvalue weighted by atomic mass is 10.1. The number of hydrogen-bond acceptors (Lipinski definition) is 6. The minimum Gasteiger partial charge on any atom is -0.391 e. The Morgan fingerprint density at radius 2 is 1.59 bits per heavy atom. The van der Waals surface area contributed by atoms with Crippen molar-refractivity contribution in [3.63, 3.8) is 0 Å². The van der Waals surface area contributed by atoms with Crippen molar-refractivity contribution >= 4 is 23.4 Å². The van der Waals surface area contributed by atoms with E-state index in [0.29, 0.717) is 23.4 Å². The molecular formula is C29H29FN4O5. The van der Waals surface area contributed by atoms with Gasteiger partial charge in [-0.3, -0.25) is 24.5 Å². The lowest BCUT2D eigenvalue weighted by molar-refractivity contribution is -0.133. The zero-order valence-electron chi connectivity index (χ0n) is 21.4. The number of aliphatic hydroxyl groups is 1. The molecule has 0 spiro atoms. The molecule has 3 aromatic rings. The molecule has 9 nitrogen and oxygen atoms in total. The minimum absolute atomic E-state index is 0.139. The lowest BCUT2D eigenvalue weighted by Crippen LogP contribution is -2.51. The maximum absolute atomic E-state index is 13.3. The van der Waals surface area contributed by atoms with E-state index in [1.54, 1.807) is 60.5 Å². The first-order valence-electron chi connectivity index (χ1n) is 12.0. The second-order valence-corrected chi connectivity index (χ2v) is 8.92. The fourth-order valence-electron chi connectivity index (χ4n) is 3.63. The molecule has 202 valence electrons. The molecule has 3 rings (SSSR count). The summed E-state index contributed by atoms with van der Waals surface area (Å²) < 4.78 is 13.3. The van der Waals surface area contributed by atoms with Crippen molar-refractivity contribution < 1.29 is 29.1 Å². The molecule has 10 heteroatoms. The number of aliphatic hydroxyl groups excluding tert-OH is 1. The molecular weight excluding hydrogens is 503 g/mol. The van der Waals surface area contributed by atoms with Crippen LogP contribution in [0.2, 0.25) is 0 Å². The third-order valence-corrected chi connectivity index (χ3v) is 5.58. The molecule has 0 aliphatic rings. The largest absolute Gasteiger partial charge is 0.391 e. The molecule has 0 heterocycles. The number of hydrogen-bond donors (Lipinski definition) is 5. The summed E-state index contributed by atoms with van der Waals surface area (Å²) in [5.74, 6) is 3.96. The Hall–Kier alpha value is -4.56. The predicted octanol–water partition coefficient (Wildman–Crippen LogP) is 2.28. The number of carbonyl (C=O) groups is 3. The SMILES string of the molecule is C[C@@H](O)[C@H](NC(=O)c1ccc(C#Cc2ccc(NC(=O)CN(C)Cc3cccc(F)c3)cc2)cc1)C(=O)NO. The fraction of sp³-hybridized carbons (Fsp3) is 0.207. The molecule has 3 amide bonds. The van der Waals surface area contributed by atoms with Crippen molar-refractivity contribution in [2.45, 2.75) is 25.6 Å². The highest BCUT2D eigenvalue weighted by molar-refractivity contribution is 5.97. The Kier molecular flexibility index (Phi) is 10.3. The van der Waals surface area contributed by atoms with Gasteiger partial charge < -0.3 is 15.7 Å². The molecule has 0 aliphatic heterocycles. The van der Waals surface area contributed by atoms with Crippen LogP contribution in [0.15, 0.2) is 72.8 Å². The van der Waals surface area contributed by atoms with E-state index in [1.807, 2.05) is 0 Å². The Morgan fingerprint density at radius 1 is 0.974 bits per heavy atom. The smallest absolute Gasteiger partial charge is 0.268 e. The van der Waals surface area contributed by atoms with Gasteiger partial charge in [-0.2, -0.15) is 0 Å². The number of carbonyl (C=O) groups excluding carboxylic acids is 3. The van der Waals surface area contributed by atoms with Crippen molar-refractivity contribution in [3.05, 3.63) is 101 Å². The van der Waals surface area contributed by atoms with Crippen molar-refractivity contribution in [2.75, 3.05) is 18.9 Å². The molecule has 0 bridgehead atoms. The summed E-state index contributed by atoms with van der Waals surface area (Å²) in [7, 11) is 1.78. The van der Waals surface area contributed by atoms with Crippen molar-refractivity contribution in [1.29, 1.82) is 0 Å². The highest BCUT2D eigenvalue weighted by Gasteiger charge is 2.25. The monoisotopic (exact) mass is 532 g/mol. The van der Waals surface area contributed by atoms with E-state index in [0.717, 1.165) is 5.56 Å². The van der Waals surface area contributed by atoms with Gasteiger partial charge in [-0.05, 0) is 80.2 Å². The number of hydroxylamine groups is 1. The van der Waals surface area contributed by atoms with Crippen LogP contribution in [0.3, 0.4) is 0 Å². The van der Waals surface area contributed by atoms with Gasteiger partial charge in [-0.25, -0.2) is 9.87 Å². The maximum atomic E-state index is 13.3. The first-order chi connectivity index (χ1) is 18.6. The Bertz CT molecular complexity index is 1360. The summed E-state index contributed by atoms with van der Waals surface area (Å²) in [4.78, 5) is 38.1. The van der Waals surface area contributed by atoms with Crippen LogP contribution >= 0.6 is 0 Å². The van der Waals surface area contributed by atoms with Gasteiger partial charge in [0.05, 0.1) is 12.6 Å². The quantitative estimate of drug-likeness (QED) is 0.163. The zero-order chi connectivity index (χ0) is 28.4. The van der Waals surface area contributed by atoms with Crippen LogP contribution in [0, 0.1) is 17.7 Å². The maximum Gasteiger partial charge on any atom is 0.268 e. The second-order valence-electron chi connectivity index (χ2n) is 8.92. The Labute approximate surface area is 225 Å². The summed E-state index contributed by atoms with van der Waals surface area (Å²) >= 11 is 0. The van der Waals surface area contributed by atoms with Gasteiger partial charge in [-0.1, -0.05) is 24.0 Å². The molecule has 0 unspecified atom stereocenters.